The molecule has 1 aliphatic rings. The van der Waals surface area contributed by atoms with Crippen molar-refractivity contribution in [2.75, 3.05) is 13.7 Å². The number of imide groups is 1. The predicted octanol–water partition coefficient (Wildman–Crippen LogP) is 4.30. The van der Waals surface area contributed by atoms with Gasteiger partial charge in [-0.1, -0.05) is 18.2 Å². The zero-order valence-electron chi connectivity index (χ0n) is 15.7. The second-order valence-corrected chi connectivity index (χ2v) is 6.85. The molecule has 0 N–H and O–H groups in total. The minimum absolute atomic E-state index is 0.349. The average molecular weight is 443 g/mol. The van der Waals surface area contributed by atoms with Gasteiger partial charge in [0.2, 0.25) is 0 Å². The summed E-state index contributed by atoms with van der Waals surface area (Å²) in [6, 6.07) is 12.2. The van der Waals surface area contributed by atoms with Gasteiger partial charge in [0, 0.05) is 5.56 Å². The number of ether oxygens (including phenoxy) is 2. The van der Waals surface area contributed by atoms with E-state index < -0.39 is 11.8 Å². The molecule has 0 bridgehead atoms. The van der Waals surface area contributed by atoms with E-state index in [2.05, 4.69) is 21.0 Å². The molecule has 1 aliphatic heterocycles. The van der Waals surface area contributed by atoms with E-state index in [0.29, 0.717) is 39.4 Å². The predicted molar refractivity (Wildman–Crippen MR) is 111 cm³/mol. The van der Waals surface area contributed by atoms with Gasteiger partial charge in [-0.15, -0.1) is 0 Å². The third-order valence-corrected chi connectivity index (χ3v) is 4.72. The van der Waals surface area contributed by atoms with E-state index in [4.69, 9.17) is 9.47 Å². The maximum atomic E-state index is 12.8. The van der Waals surface area contributed by atoms with E-state index in [1.165, 1.54) is 0 Å². The lowest BCUT2D eigenvalue weighted by molar-refractivity contribution is -0.123. The molecule has 1 heterocycles. The number of halogens is 1. The van der Waals surface area contributed by atoms with Crippen LogP contribution in [0.1, 0.15) is 29.8 Å². The van der Waals surface area contributed by atoms with Crippen LogP contribution in [0.15, 0.2) is 57.6 Å². The van der Waals surface area contributed by atoms with Crippen molar-refractivity contribution < 1.29 is 19.1 Å². The molecule has 0 saturated heterocycles. The Labute approximate surface area is 171 Å². The molecular formula is C21H19BrN2O4. The van der Waals surface area contributed by atoms with E-state index in [-0.39, 0.29) is 0 Å². The van der Waals surface area contributed by atoms with Crippen LogP contribution in [-0.4, -0.2) is 36.3 Å². The van der Waals surface area contributed by atoms with Crippen molar-refractivity contribution in [3.63, 3.8) is 0 Å². The first kappa shape index (κ1) is 19.8. The average Bonchev–Trinajstić information content (AvgIpc) is 2.98. The van der Waals surface area contributed by atoms with E-state index >= 15 is 0 Å². The van der Waals surface area contributed by atoms with Crippen molar-refractivity contribution in [2.24, 2.45) is 5.10 Å². The fourth-order valence-corrected chi connectivity index (χ4v) is 3.37. The Morgan fingerprint density at radius 2 is 1.96 bits per heavy atom. The molecular weight excluding hydrogens is 424 g/mol. The van der Waals surface area contributed by atoms with Crippen LogP contribution in [-0.2, 0) is 4.79 Å². The highest BCUT2D eigenvalue weighted by molar-refractivity contribution is 9.10. The van der Waals surface area contributed by atoms with Crippen LogP contribution in [0, 0.1) is 0 Å². The molecule has 6 nitrogen and oxygen atoms in total. The molecule has 0 fully saturated rings. The number of nitrogens with zero attached hydrogens (tertiary/aromatic N) is 2. The highest BCUT2D eigenvalue weighted by atomic mass is 79.9. The fourth-order valence-electron chi connectivity index (χ4n) is 2.80. The molecule has 0 aliphatic carbocycles. The molecule has 2 aromatic carbocycles. The first-order valence-electron chi connectivity index (χ1n) is 8.67. The van der Waals surface area contributed by atoms with Crippen molar-refractivity contribution in [1.29, 1.82) is 0 Å². The number of amides is 2. The Morgan fingerprint density at radius 1 is 1.25 bits per heavy atom. The van der Waals surface area contributed by atoms with Crippen molar-refractivity contribution in [2.45, 2.75) is 13.8 Å². The Morgan fingerprint density at radius 3 is 2.61 bits per heavy atom. The van der Waals surface area contributed by atoms with Crippen LogP contribution < -0.4 is 9.47 Å². The Hall–Kier alpha value is -2.93. The highest BCUT2D eigenvalue weighted by Gasteiger charge is 2.33. The van der Waals surface area contributed by atoms with E-state index in [9.17, 15) is 9.59 Å². The summed E-state index contributed by atoms with van der Waals surface area (Å²) in [6.45, 7) is 4.08. The van der Waals surface area contributed by atoms with Crippen LogP contribution in [0.4, 0.5) is 0 Å². The van der Waals surface area contributed by atoms with E-state index in [1.807, 2.05) is 13.0 Å². The lowest BCUT2D eigenvalue weighted by Gasteiger charge is -2.12. The summed E-state index contributed by atoms with van der Waals surface area (Å²) >= 11 is 3.47. The van der Waals surface area contributed by atoms with Gasteiger partial charge in [-0.3, -0.25) is 9.59 Å². The smallest absolute Gasteiger partial charge is 0.283 e. The maximum absolute atomic E-state index is 12.8. The van der Waals surface area contributed by atoms with Crippen LogP contribution in [0.5, 0.6) is 11.5 Å². The van der Waals surface area contributed by atoms with Crippen molar-refractivity contribution in [1.82, 2.24) is 5.01 Å². The van der Waals surface area contributed by atoms with Crippen LogP contribution in [0.25, 0.3) is 6.08 Å². The molecule has 7 heteroatoms. The second-order valence-electron chi connectivity index (χ2n) is 6.00. The number of hydrazone groups is 1. The molecule has 0 aromatic heterocycles. The number of carbonyl (C=O) groups is 2. The van der Waals surface area contributed by atoms with Crippen LogP contribution in [0.3, 0.4) is 0 Å². The maximum Gasteiger partial charge on any atom is 0.283 e. The molecule has 2 amide bonds. The van der Waals surface area contributed by atoms with Gasteiger partial charge in [-0.05, 0) is 65.7 Å². The number of rotatable bonds is 5. The molecule has 2 aromatic rings. The summed E-state index contributed by atoms with van der Waals surface area (Å²) in [5.41, 5.74) is 1.94. The van der Waals surface area contributed by atoms with E-state index in [1.54, 1.807) is 56.5 Å². The summed E-state index contributed by atoms with van der Waals surface area (Å²) in [5, 5.41) is 5.05. The van der Waals surface area contributed by atoms with E-state index in [0.717, 1.165) is 10.6 Å². The first-order chi connectivity index (χ1) is 13.5. The van der Waals surface area contributed by atoms with Crippen LogP contribution in [0.2, 0.25) is 0 Å². The van der Waals surface area contributed by atoms with Gasteiger partial charge >= 0.3 is 0 Å². The summed E-state index contributed by atoms with van der Waals surface area (Å²) in [6.07, 6.45) is 1.68. The van der Waals surface area contributed by atoms with Gasteiger partial charge < -0.3 is 9.47 Å². The largest absolute Gasteiger partial charge is 0.493 e. The molecule has 0 atom stereocenters. The molecule has 28 heavy (non-hydrogen) atoms. The van der Waals surface area contributed by atoms with Gasteiger partial charge in [-0.25, -0.2) is 0 Å². The minimum Gasteiger partial charge on any atom is -0.493 e. The highest BCUT2D eigenvalue weighted by Crippen LogP contribution is 2.37. The fraction of sp³-hybridized carbons (Fsp3) is 0.190. The number of carbonyl (C=O) groups excluding carboxylic acids is 2. The quantitative estimate of drug-likeness (QED) is 0.511. The summed E-state index contributed by atoms with van der Waals surface area (Å²) in [4.78, 5) is 25.4. The Balaban J connectivity index is 1.93. The lowest BCUT2D eigenvalue weighted by atomic mass is 10.1. The molecule has 0 saturated carbocycles. The summed E-state index contributed by atoms with van der Waals surface area (Å²) < 4.78 is 11.7. The molecule has 0 unspecified atom stereocenters. The van der Waals surface area contributed by atoms with Gasteiger partial charge in [-0.2, -0.15) is 10.1 Å². The van der Waals surface area contributed by atoms with Crippen molar-refractivity contribution in [3.8, 4) is 11.5 Å². The topological polar surface area (TPSA) is 68.2 Å². The van der Waals surface area contributed by atoms with Gasteiger partial charge in [0.15, 0.2) is 11.5 Å². The molecule has 3 rings (SSSR count). The molecule has 0 radical (unpaired) electrons. The first-order valence-corrected chi connectivity index (χ1v) is 9.47. The molecule has 0 spiro atoms. The number of methoxy groups -OCH3 is 1. The molecule has 144 valence electrons. The minimum atomic E-state index is -0.463. The summed E-state index contributed by atoms with van der Waals surface area (Å²) in [5.74, 6) is 0.214. The van der Waals surface area contributed by atoms with Gasteiger partial charge in [0.1, 0.15) is 0 Å². The standard InChI is InChI=1S/C21H19BrN2O4/c1-4-28-19-17(22)11-14(12-18(19)27-3)10-16-13(2)23-24(21(16)26)20(25)15-8-6-5-7-9-15/h5-12H,4H2,1-3H3/b16-10+. The third kappa shape index (κ3) is 3.84. The summed E-state index contributed by atoms with van der Waals surface area (Å²) in [7, 11) is 1.55. The Kier molecular flexibility index (Phi) is 5.94. The third-order valence-electron chi connectivity index (χ3n) is 4.13. The monoisotopic (exact) mass is 442 g/mol. The van der Waals surface area contributed by atoms with Gasteiger partial charge in [0.25, 0.3) is 11.8 Å². The normalized spacial score (nSPS) is 15.0. The van der Waals surface area contributed by atoms with Crippen molar-refractivity contribution >= 4 is 39.5 Å². The van der Waals surface area contributed by atoms with Crippen LogP contribution >= 0.6 is 15.9 Å². The van der Waals surface area contributed by atoms with Gasteiger partial charge in [0.05, 0.1) is 29.5 Å². The number of benzene rings is 2. The second kappa shape index (κ2) is 8.39. The number of hydrogen-bond donors (Lipinski definition) is 0. The zero-order valence-corrected chi connectivity index (χ0v) is 17.3. The van der Waals surface area contributed by atoms with Crippen molar-refractivity contribution in [3.05, 3.63) is 63.6 Å². The SMILES string of the molecule is CCOc1c(Br)cc(/C=C2/C(=O)N(C(=O)c3ccccc3)N=C2C)cc1OC. The number of hydrogen-bond acceptors (Lipinski definition) is 5. The lowest BCUT2D eigenvalue weighted by Crippen LogP contribution is -2.29. The Bertz CT molecular complexity index is 983. The zero-order chi connectivity index (χ0) is 20.3.